The molecule has 0 aliphatic heterocycles. The van der Waals surface area contributed by atoms with Gasteiger partial charge in [0.2, 0.25) is 5.91 Å². The van der Waals surface area contributed by atoms with Crippen molar-refractivity contribution in [3.05, 3.63) is 42.0 Å². The van der Waals surface area contributed by atoms with E-state index in [9.17, 15) is 9.59 Å². The van der Waals surface area contributed by atoms with Crippen LogP contribution in [0.5, 0.6) is 0 Å². The Labute approximate surface area is 113 Å². The van der Waals surface area contributed by atoms with Crippen molar-refractivity contribution >= 4 is 18.0 Å². The molecule has 1 N–H and O–H groups in total. The number of amides is 1. The van der Waals surface area contributed by atoms with Gasteiger partial charge in [0, 0.05) is 13.5 Å². The first-order valence-corrected chi connectivity index (χ1v) is 6.22. The lowest BCUT2D eigenvalue weighted by atomic mass is 10.1. The Morgan fingerprint density at radius 3 is 2.53 bits per heavy atom. The lowest BCUT2D eigenvalue weighted by molar-refractivity contribution is -0.148. The number of rotatable bonds is 6. The van der Waals surface area contributed by atoms with Crippen LogP contribution in [-0.2, 0) is 9.59 Å². The number of hydrogen-bond acceptors (Lipinski definition) is 2. The fourth-order valence-electron chi connectivity index (χ4n) is 1.55. The minimum atomic E-state index is -0.990. The first kappa shape index (κ1) is 15.0. The van der Waals surface area contributed by atoms with Gasteiger partial charge in [-0.1, -0.05) is 42.5 Å². The molecule has 0 spiro atoms. The molecule has 19 heavy (non-hydrogen) atoms. The largest absolute Gasteiger partial charge is 0.480 e. The summed E-state index contributed by atoms with van der Waals surface area (Å²) < 4.78 is 0. The zero-order chi connectivity index (χ0) is 14.3. The Bertz CT molecular complexity index is 454. The minimum absolute atomic E-state index is 0.160. The third-order valence-corrected chi connectivity index (χ3v) is 2.97. The lowest BCUT2D eigenvalue weighted by Gasteiger charge is -2.21. The molecule has 0 aliphatic carbocycles. The molecule has 1 unspecified atom stereocenters. The molecule has 102 valence electrons. The van der Waals surface area contributed by atoms with Gasteiger partial charge in [-0.3, -0.25) is 4.79 Å². The average molecular weight is 261 g/mol. The second-order valence-electron chi connectivity index (χ2n) is 4.37. The van der Waals surface area contributed by atoms with E-state index in [4.69, 9.17) is 5.11 Å². The number of nitrogens with zero attached hydrogens (tertiary/aromatic N) is 1. The fraction of sp³-hybridized carbons (Fsp3) is 0.333. The van der Waals surface area contributed by atoms with E-state index in [0.29, 0.717) is 12.8 Å². The highest BCUT2D eigenvalue weighted by atomic mass is 16.4. The SMILES string of the molecule is CC(C(=O)O)N(C)C(=O)CC/C=C/c1ccccc1. The second kappa shape index (κ2) is 7.36. The number of carbonyl (C=O) groups is 2. The van der Waals surface area contributed by atoms with Crippen LogP contribution in [0, 0.1) is 0 Å². The number of benzene rings is 1. The van der Waals surface area contributed by atoms with Gasteiger partial charge in [0.15, 0.2) is 0 Å². The van der Waals surface area contributed by atoms with Gasteiger partial charge in [0.25, 0.3) is 0 Å². The first-order chi connectivity index (χ1) is 9.02. The molecule has 0 heterocycles. The first-order valence-electron chi connectivity index (χ1n) is 6.22. The molecule has 0 aromatic heterocycles. The van der Waals surface area contributed by atoms with E-state index in [1.54, 1.807) is 0 Å². The van der Waals surface area contributed by atoms with Crippen molar-refractivity contribution in [1.82, 2.24) is 4.90 Å². The van der Waals surface area contributed by atoms with Gasteiger partial charge in [0.1, 0.15) is 6.04 Å². The van der Waals surface area contributed by atoms with E-state index in [1.807, 2.05) is 42.5 Å². The number of carboxylic acid groups (broad SMARTS) is 1. The highest BCUT2D eigenvalue weighted by Crippen LogP contribution is 2.05. The second-order valence-corrected chi connectivity index (χ2v) is 4.37. The quantitative estimate of drug-likeness (QED) is 0.855. The predicted molar refractivity (Wildman–Crippen MR) is 74.6 cm³/mol. The summed E-state index contributed by atoms with van der Waals surface area (Å²) in [5.74, 6) is -1.15. The number of aliphatic carboxylic acids is 1. The summed E-state index contributed by atoms with van der Waals surface area (Å²) in [6.45, 7) is 1.50. The highest BCUT2D eigenvalue weighted by Gasteiger charge is 2.20. The van der Waals surface area contributed by atoms with Crippen molar-refractivity contribution in [3.63, 3.8) is 0 Å². The van der Waals surface area contributed by atoms with E-state index >= 15 is 0 Å². The summed E-state index contributed by atoms with van der Waals surface area (Å²) >= 11 is 0. The van der Waals surface area contributed by atoms with Crippen LogP contribution in [0.4, 0.5) is 0 Å². The zero-order valence-electron chi connectivity index (χ0n) is 11.2. The van der Waals surface area contributed by atoms with Crippen LogP contribution in [0.3, 0.4) is 0 Å². The van der Waals surface area contributed by atoms with Gasteiger partial charge in [-0.25, -0.2) is 4.79 Å². The van der Waals surface area contributed by atoms with Crippen LogP contribution >= 0.6 is 0 Å². The Balaban J connectivity index is 2.39. The average Bonchev–Trinajstić information content (AvgIpc) is 2.42. The molecule has 1 rings (SSSR count). The van der Waals surface area contributed by atoms with Gasteiger partial charge < -0.3 is 10.0 Å². The molecule has 0 fully saturated rings. The molecule has 1 aromatic carbocycles. The van der Waals surface area contributed by atoms with Crippen LogP contribution in [0.1, 0.15) is 25.3 Å². The van der Waals surface area contributed by atoms with Gasteiger partial charge in [0.05, 0.1) is 0 Å². The Morgan fingerprint density at radius 1 is 1.32 bits per heavy atom. The molecule has 0 saturated carbocycles. The van der Waals surface area contributed by atoms with Crippen molar-refractivity contribution in [1.29, 1.82) is 0 Å². The molecule has 0 aliphatic rings. The van der Waals surface area contributed by atoms with Crippen LogP contribution in [0.2, 0.25) is 0 Å². The van der Waals surface area contributed by atoms with Crippen LogP contribution in [0.25, 0.3) is 6.08 Å². The van der Waals surface area contributed by atoms with E-state index in [2.05, 4.69) is 0 Å². The highest BCUT2D eigenvalue weighted by molar-refractivity contribution is 5.83. The summed E-state index contributed by atoms with van der Waals surface area (Å²) in [6.07, 6.45) is 4.79. The molecule has 4 heteroatoms. The maximum atomic E-state index is 11.7. The van der Waals surface area contributed by atoms with Gasteiger partial charge in [-0.15, -0.1) is 0 Å². The lowest BCUT2D eigenvalue weighted by Crippen LogP contribution is -2.40. The Morgan fingerprint density at radius 2 is 1.95 bits per heavy atom. The van der Waals surface area contributed by atoms with Gasteiger partial charge >= 0.3 is 5.97 Å². The maximum absolute atomic E-state index is 11.7. The van der Waals surface area contributed by atoms with Crippen LogP contribution in [0.15, 0.2) is 36.4 Å². The molecule has 0 saturated heterocycles. The van der Waals surface area contributed by atoms with Crippen molar-refractivity contribution < 1.29 is 14.7 Å². The van der Waals surface area contributed by atoms with E-state index in [-0.39, 0.29) is 5.91 Å². The summed E-state index contributed by atoms with van der Waals surface area (Å²) in [4.78, 5) is 23.7. The van der Waals surface area contributed by atoms with Crippen molar-refractivity contribution in [2.24, 2.45) is 0 Å². The summed E-state index contributed by atoms with van der Waals surface area (Å²) in [7, 11) is 1.52. The fourth-order valence-corrected chi connectivity index (χ4v) is 1.55. The molecule has 1 atom stereocenters. The third-order valence-electron chi connectivity index (χ3n) is 2.97. The van der Waals surface area contributed by atoms with E-state index < -0.39 is 12.0 Å². The third kappa shape index (κ3) is 4.95. The molecule has 4 nitrogen and oxygen atoms in total. The molecular weight excluding hydrogens is 242 g/mol. The number of carbonyl (C=O) groups excluding carboxylic acids is 1. The monoisotopic (exact) mass is 261 g/mol. The normalized spacial score (nSPS) is 12.3. The van der Waals surface area contributed by atoms with E-state index in [0.717, 1.165) is 5.56 Å². The number of hydrogen-bond donors (Lipinski definition) is 1. The van der Waals surface area contributed by atoms with Crippen LogP contribution < -0.4 is 0 Å². The Hall–Kier alpha value is -2.10. The molecule has 1 aromatic rings. The molecule has 1 amide bonds. The topological polar surface area (TPSA) is 57.6 Å². The summed E-state index contributed by atoms with van der Waals surface area (Å²) in [5, 5.41) is 8.81. The van der Waals surface area contributed by atoms with Gasteiger partial charge in [-0.2, -0.15) is 0 Å². The summed E-state index contributed by atoms with van der Waals surface area (Å²) in [5.41, 5.74) is 1.09. The number of allylic oxidation sites excluding steroid dienone is 1. The maximum Gasteiger partial charge on any atom is 0.326 e. The van der Waals surface area contributed by atoms with Gasteiger partial charge in [-0.05, 0) is 18.9 Å². The smallest absolute Gasteiger partial charge is 0.326 e. The minimum Gasteiger partial charge on any atom is -0.480 e. The predicted octanol–water partition coefficient (Wildman–Crippen LogP) is 2.41. The van der Waals surface area contributed by atoms with Crippen LogP contribution in [-0.4, -0.2) is 35.0 Å². The van der Waals surface area contributed by atoms with Crippen molar-refractivity contribution in [2.75, 3.05) is 7.05 Å². The number of likely N-dealkylation sites (N-methyl/N-ethyl adjacent to an activating group) is 1. The van der Waals surface area contributed by atoms with E-state index in [1.165, 1.54) is 18.9 Å². The Kier molecular flexibility index (Phi) is 5.79. The zero-order valence-corrected chi connectivity index (χ0v) is 11.2. The molecule has 0 bridgehead atoms. The summed E-state index contributed by atoms with van der Waals surface area (Å²) in [6, 6.07) is 9.03. The number of carboxylic acids is 1. The molecular formula is C15H19NO3. The standard InChI is InChI=1S/C15H19NO3/c1-12(15(18)19)16(2)14(17)11-7-6-10-13-8-4-3-5-9-13/h3-6,8-10,12H,7,11H2,1-2H3,(H,18,19)/b10-6+. The molecule has 0 radical (unpaired) electrons. The van der Waals surface area contributed by atoms with Crippen molar-refractivity contribution in [3.8, 4) is 0 Å². The van der Waals surface area contributed by atoms with Crippen molar-refractivity contribution in [2.45, 2.75) is 25.8 Å².